The number of amides is 1. The molecular formula is C23H28N2O3. The van der Waals surface area contributed by atoms with Crippen LogP contribution in [0.2, 0.25) is 0 Å². The Morgan fingerprint density at radius 3 is 2.50 bits per heavy atom. The molecule has 2 unspecified atom stereocenters. The maximum absolute atomic E-state index is 12.8. The number of methoxy groups -OCH3 is 1. The maximum atomic E-state index is 12.8. The van der Waals surface area contributed by atoms with E-state index in [0.717, 1.165) is 33.6 Å². The highest BCUT2D eigenvalue weighted by Gasteiger charge is 2.21. The predicted octanol–water partition coefficient (Wildman–Crippen LogP) is 4.45. The second kappa shape index (κ2) is 8.48. The molecule has 1 heterocycles. The van der Waals surface area contributed by atoms with Gasteiger partial charge in [-0.2, -0.15) is 0 Å². The zero-order valence-electron chi connectivity index (χ0n) is 17.2. The van der Waals surface area contributed by atoms with Crippen LogP contribution in [-0.2, 0) is 11.3 Å². The van der Waals surface area contributed by atoms with Crippen molar-refractivity contribution < 1.29 is 13.9 Å². The lowest BCUT2D eigenvalue weighted by atomic mass is 10.1. The molecule has 5 nitrogen and oxygen atoms in total. The van der Waals surface area contributed by atoms with Crippen LogP contribution in [0, 0.1) is 6.92 Å². The molecule has 0 saturated carbocycles. The molecule has 28 heavy (non-hydrogen) atoms. The van der Waals surface area contributed by atoms with E-state index in [-0.39, 0.29) is 18.0 Å². The highest BCUT2D eigenvalue weighted by atomic mass is 16.5. The molecule has 0 aliphatic carbocycles. The third kappa shape index (κ3) is 4.54. The first-order valence-corrected chi connectivity index (χ1v) is 9.51. The molecule has 0 saturated heterocycles. The SMILES string of the molecule is COc1ccc2cc(CN(C)C(=O)C(C)NC(C)c3ccc(C)o3)ccc2c1. The average Bonchev–Trinajstić information content (AvgIpc) is 3.13. The van der Waals surface area contributed by atoms with E-state index in [1.165, 1.54) is 0 Å². The smallest absolute Gasteiger partial charge is 0.239 e. The van der Waals surface area contributed by atoms with E-state index in [0.29, 0.717) is 6.54 Å². The number of carbonyl (C=O) groups is 1. The van der Waals surface area contributed by atoms with Crippen LogP contribution in [0.3, 0.4) is 0 Å². The summed E-state index contributed by atoms with van der Waals surface area (Å²) in [5.41, 5.74) is 1.09. The maximum Gasteiger partial charge on any atom is 0.239 e. The van der Waals surface area contributed by atoms with Crippen molar-refractivity contribution in [2.75, 3.05) is 14.2 Å². The van der Waals surface area contributed by atoms with Crippen molar-refractivity contribution in [2.45, 2.75) is 39.4 Å². The minimum Gasteiger partial charge on any atom is -0.497 e. The molecule has 0 aliphatic rings. The number of benzene rings is 2. The average molecular weight is 380 g/mol. The number of furan rings is 1. The van der Waals surface area contributed by atoms with Gasteiger partial charge in [0.2, 0.25) is 5.91 Å². The minimum atomic E-state index is -0.310. The summed E-state index contributed by atoms with van der Waals surface area (Å²) >= 11 is 0. The Morgan fingerprint density at radius 2 is 1.82 bits per heavy atom. The van der Waals surface area contributed by atoms with Gasteiger partial charge in [0.25, 0.3) is 0 Å². The highest BCUT2D eigenvalue weighted by Crippen LogP contribution is 2.22. The number of ether oxygens (including phenoxy) is 1. The van der Waals surface area contributed by atoms with Crippen LogP contribution in [0.25, 0.3) is 10.8 Å². The van der Waals surface area contributed by atoms with E-state index < -0.39 is 0 Å². The van der Waals surface area contributed by atoms with Gasteiger partial charge in [0.15, 0.2) is 0 Å². The Balaban J connectivity index is 1.63. The number of carbonyl (C=O) groups excluding carboxylic acids is 1. The van der Waals surface area contributed by atoms with Crippen molar-refractivity contribution in [3.05, 3.63) is 65.6 Å². The summed E-state index contributed by atoms with van der Waals surface area (Å²) in [6.45, 7) is 6.36. The molecule has 0 aliphatic heterocycles. The first kappa shape index (κ1) is 20.0. The van der Waals surface area contributed by atoms with Gasteiger partial charge in [-0.15, -0.1) is 0 Å². The van der Waals surface area contributed by atoms with Gasteiger partial charge < -0.3 is 14.1 Å². The second-order valence-corrected chi connectivity index (χ2v) is 7.30. The summed E-state index contributed by atoms with van der Waals surface area (Å²) in [6, 6.07) is 15.8. The van der Waals surface area contributed by atoms with Crippen LogP contribution in [-0.4, -0.2) is 31.0 Å². The molecule has 2 atom stereocenters. The van der Waals surface area contributed by atoms with E-state index in [2.05, 4.69) is 23.5 Å². The third-order valence-electron chi connectivity index (χ3n) is 4.97. The lowest BCUT2D eigenvalue weighted by Crippen LogP contribution is -2.43. The van der Waals surface area contributed by atoms with Crippen molar-refractivity contribution in [2.24, 2.45) is 0 Å². The molecule has 0 spiro atoms. The van der Waals surface area contributed by atoms with E-state index in [1.54, 1.807) is 12.0 Å². The number of nitrogens with zero attached hydrogens (tertiary/aromatic N) is 1. The lowest BCUT2D eigenvalue weighted by Gasteiger charge is -2.24. The van der Waals surface area contributed by atoms with Gasteiger partial charge in [-0.3, -0.25) is 10.1 Å². The number of likely N-dealkylation sites (N-methyl/N-ethyl adjacent to an activating group) is 1. The monoisotopic (exact) mass is 380 g/mol. The number of fused-ring (bicyclic) bond motifs is 1. The molecule has 0 fully saturated rings. The van der Waals surface area contributed by atoms with Gasteiger partial charge in [0, 0.05) is 13.6 Å². The van der Waals surface area contributed by atoms with Crippen LogP contribution in [0.15, 0.2) is 52.9 Å². The number of aryl methyl sites for hydroxylation is 1. The van der Waals surface area contributed by atoms with Gasteiger partial charge >= 0.3 is 0 Å². The van der Waals surface area contributed by atoms with E-state index in [4.69, 9.17) is 9.15 Å². The highest BCUT2D eigenvalue weighted by molar-refractivity contribution is 5.85. The topological polar surface area (TPSA) is 54.7 Å². The van der Waals surface area contributed by atoms with E-state index in [9.17, 15) is 4.79 Å². The molecule has 1 N–H and O–H groups in total. The quantitative estimate of drug-likeness (QED) is 0.658. The van der Waals surface area contributed by atoms with Crippen LogP contribution in [0.5, 0.6) is 5.75 Å². The molecule has 148 valence electrons. The standard InChI is InChI=1S/C23H28N2O3/c1-15-6-11-22(28-15)16(2)24-17(3)23(26)25(4)14-18-7-8-20-13-21(27-5)10-9-19(20)12-18/h6-13,16-17,24H,14H2,1-5H3. The molecular weight excluding hydrogens is 352 g/mol. The second-order valence-electron chi connectivity index (χ2n) is 7.30. The van der Waals surface area contributed by atoms with E-state index >= 15 is 0 Å². The molecule has 3 aromatic rings. The van der Waals surface area contributed by atoms with Gasteiger partial charge in [-0.05, 0) is 67.4 Å². The number of nitrogens with one attached hydrogen (secondary N) is 1. The number of rotatable bonds is 7. The predicted molar refractivity (Wildman–Crippen MR) is 111 cm³/mol. The van der Waals surface area contributed by atoms with E-state index in [1.807, 2.05) is 58.2 Å². The summed E-state index contributed by atoms with van der Waals surface area (Å²) < 4.78 is 10.9. The summed E-state index contributed by atoms with van der Waals surface area (Å²) in [4.78, 5) is 14.5. The summed E-state index contributed by atoms with van der Waals surface area (Å²) in [5, 5.41) is 5.57. The summed E-state index contributed by atoms with van der Waals surface area (Å²) in [5.74, 6) is 2.59. The Hall–Kier alpha value is -2.79. The third-order valence-corrected chi connectivity index (χ3v) is 4.97. The van der Waals surface area contributed by atoms with Crippen molar-refractivity contribution in [3.63, 3.8) is 0 Å². The zero-order valence-corrected chi connectivity index (χ0v) is 17.2. The fraction of sp³-hybridized carbons (Fsp3) is 0.348. The molecule has 3 rings (SSSR count). The molecule has 0 bridgehead atoms. The zero-order chi connectivity index (χ0) is 20.3. The Kier molecular flexibility index (Phi) is 6.05. The molecule has 1 aromatic heterocycles. The minimum absolute atomic E-state index is 0.0308. The van der Waals surface area contributed by atoms with Crippen molar-refractivity contribution in [1.82, 2.24) is 10.2 Å². The molecule has 1 amide bonds. The molecule has 2 aromatic carbocycles. The fourth-order valence-corrected chi connectivity index (χ4v) is 3.40. The van der Waals surface area contributed by atoms with Crippen molar-refractivity contribution in [1.29, 1.82) is 0 Å². The van der Waals surface area contributed by atoms with Gasteiger partial charge in [-0.25, -0.2) is 0 Å². The molecule has 0 radical (unpaired) electrons. The normalized spacial score (nSPS) is 13.3. The Bertz CT molecular complexity index is 963. The van der Waals surface area contributed by atoms with Crippen LogP contribution >= 0.6 is 0 Å². The van der Waals surface area contributed by atoms with Crippen LogP contribution < -0.4 is 10.1 Å². The first-order chi connectivity index (χ1) is 13.4. The van der Waals surface area contributed by atoms with Gasteiger partial charge in [-0.1, -0.05) is 18.2 Å². The molecule has 5 heteroatoms. The van der Waals surface area contributed by atoms with Crippen molar-refractivity contribution in [3.8, 4) is 5.75 Å². The number of hydrogen-bond acceptors (Lipinski definition) is 4. The summed E-state index contributed by atoms with van der Waals surface area (Å²) in [6.07, 6.45) is 0. The van der Waals surface area contributed by atoms with Gasteiger partial charge in [0.05, 0.1) is 19.2 Å². The fourth-order valence-electron chi connectivity index (χ4n) is 3.40. The largest absolute Gasteiger partial charge is 0.497 e. The Morgan fingerprint density at radius 1 is 1.11 bits per heavy atom. The number of hydrogen-bond donors (Lipinski definition) is 1. The van der Waals surface area contributed by atoms with Crippen molar-refractivity contribution >= 4 is 16.7 Å². The van der Waals surface area contributed by atoms with Gasteiger partial charge in [0.1, 0.15) is 17.3 Å². The summed E-state index contributed by atoms with van der Waals surface area (Å²) in [7, 11) is 3.50. The lowest BCUT2D eigenvalue weighted by molar-refractivity contribution is -0.132. The van der Waals surface area contributed by atoms with Crippen LogP contribution in [0.4, 0.5) is 0 Å². The Labute approximate surface area is 166 Å². The van der Waals surface area contributed by atoms with Crippen LogP contribution in [0.1, 0.15) is 37.0 Å². The first-order valence-electron chi connectivity index (χ1n) is 9.51.